The molecule has 3 rings (SSSR count). The van der Waals surface area contributed by atoms with E-state index in [9.17, 15) is 4.79 Å². The van der Waals surface area contributed by atoms with Crippen molar-refractivity contribution in [2.75, 3.05) is 12.1 Å². The van der Waals surface area contributed by atoms with Gasteiger partial charge in [-0.05, 0) is 12.1 Å². The van der Waals surface area contributed by atoms with Crippen LogP contribution < -0.4 is 14.8 Å². The minimum absolute atomic E-state index is 0.126. The van der Waals surface area contributed by atoms with Gasteiger partial charge >= 0.3 is 0 Å². The fraction of sp³-hybridized carbons (Fsp3) is 0.231. The van der Waals surface area contributed by atoms with E-state index in [0.717, 1.165) is 10.7 Å². The van der Waals surface area contributed by atoms with Crippen molar-refractivity contribution in [2.45, 2.75) is 12.3 Å². The molecule has 1 aliphatic heterocycles. The number of hydrogen-bond donors (Lipinski definition) is 1. The predicted octanol–water partition coefficient (Wildman–Crippen LogP) is 2.79. The smallest absolute Gasteiger partial charge is 0.231 e. The van der Waals surface area contributed by atoms with Crippen molar-refractivity contribution in [3.8, 4) is 11.5 Å². The highest BCUT2D eigenvalue weighted by Gasteiger charge is 2.14. The number of nitrogens with zero attached hydrogens (tertiary/aromatic N) is 1. The molecule has 7 heteroatoms. The summed E-state index contributed by atoms with van der Waals surface area (Å²) in [6.07, 6.45) is 0.232. The molecule has 1 amide bonds. The van der Waals surface area contributed by atoms with Gasteiger partial charge in [0.05, 0.1) is 18.0 Å². The molecule has 1 aromatic heterocycles. The number of carbonyl (C=O) groups excluding carboxylic acids is 1. The van der Waals surface area contributed by atoms with E-state index < -0.39 is 0 Å². The molecule has 5 nitrogen and oxygen atoms in total. The lowest BCUT2D eigenvalue weighted by Crippen LogP contribution is -2.14. The van der Waals surface area contributed by atoms with Gasteiger partial charge in [0.1, 0.15) is 5.01 Å². The highest BCUT2D eigenvalue weighted by Crippen LogP contribution is 2.34. The van der Waals surface area contributed by atoms with E-state index in [1.165, 1.54) is 11.3 Å². The zero-order valence-electron chi connectivity index (χ0n) is 10.4. The van der Waals surface area contributed by atoms with Gasteiger partial charge in [-0.3, -0.25) is 4.79 Å². The number of ether oxygens (including phenoxy) is 2. The van der Waals surface area contributed by atoms with Crippen LogP contribution in [0, 0.1) is 0 Å². The second-order valence-corrected chi connectivity index (χ2v) is 5.37. The standard InChI is InChI=1S/C13H11ClN2O3S/c14-5-9-6-20-13(16-9)4-12(17)15-8-1-2-10-11(3-8)19-7-18-10/h1-3,6H,4-5,7H2,(H,15,17). The zero-order valence-corrected chi connectivity index (χ0v) is 12.0. The molecule has 1 aromatic carbocycles. The Morgan fingerprint density at radius 2 is 2.25 bits per heavy atom. The van der Waals surface area contributed by atoms with Crippen molar-refractivity contribution in [3.05, 3.63) is 34.3 Å². The molecule has 0 aliphatic carbocycles. The van der Waals surface area contributed by atoms with Crippen molar-refractivity contribution in [1.29, 1.82) is 0 Å². The summed E-state index contributed by atoms with van der Waals surface area (Å²) < 4.78 is 10.5. The largest absolute Gasteiger partial charge is 0.454 e. The summed E-state index contributed by atoms with van der Waals surface area (Å²) >= 11 is 7.11. The number of thiazole rings is 1. The minimum atomic E-state index is -0.126. The van der Waals surface area contributed by atoms with Gasteiger partial charge < -0.3 is 14.8 Å². The summed E-state index contributed by atoms with van der Waals surface area (Å²) in [5.41, 5.74) is 1.47. The molecule has 2 aromatic rings. The van der Waals surface area contributed by atoms with Crippen LogP contribution in [0.1, 0.15) is 10.7 Å². The van der Waals surface area contributed by atoms with Gasteiger partial charge in [0, 0.05) is 17.1 Å². The second kappa shape index (κ2) is 5.68. The van der Waals surface area contributed by atoms with Gasteiger partial charge in [-0.15, -0.1) is 22.9 Å². The predicted molar refractivity (Wildman–Crippen MR) is 76.6 cm³/mol. The molecule has 104 valence electrons. The van der Waals surface area contributed by atoms with Gasteiger partial charge in [-0.25, -0.2) is 4.98 Å². The maximum Gasteiger partial charge on any atom is 0.231 e. The Hall–Kier alpha value is -1.79. The Morgan fingerprint density at radius 1 is 1.40 bits per heavy atom. The molecule has 0 saturated heterocycles. The maximum absolute atomic E-state index is 11.9. The van der Waals surface area contributed by atoms with Crippen LogP contribution in [0.4, 0.5) is 5.69 Å². The summed E-state index contributed by atoms with van der Waals surface area (Å²) in [5, 5.41) is 5.41. The van der Waals surface area contributed by atoms with Crippen molar-refractivity contribution < 1.29 is 14.3 Å². The quantitative estimate of drug-likeness (QED) is 0.882. The molecule has 20 heavy (non-hydrogen) atoms. The summed E-state index contributed by atoms with van der Waals surface area (Å²) in [6, 6.07) is 5.29. The van der Waals surface area contributed by atoms with E-state index in [1.54, 1.807) is 18.2 Å². The first-order valence-electron chi connectivity index (χ1n) is 5.93. The number of fused-ring (bicyclic) bond motifs is 1. The van der Waals surface area contributed by atoms with Crippen LogP contribution >= 0.6 is 22.9 Å². The first kappa shape index (κ1) is 13.2. The molecule has 0 bridgehead atoms. The van der Waals surface area contributed by atoms with Crippen LogP contribution in [0.2, 0.25) is 0 Å². The Labute approximate surface area is 124 Å². The number of rotatable bonds is 4. The molecule has 0 radical (unpaired) electrons. The van der Waals surface area contributed by atoms with Crippen molar-refractivity contribution in [2.24, 2.45) is 0 Å². The van der Waals surface area contributed by atoms with E-state index >= 15 is 0 Å². The molecule has 0 unspecified atom stereocenters. The average molecular weight is 311 g/mol. The van der Waals surface area contributed by atoms with Crippen molar-refractivity contribution >= 4 is 34.5 Å². The summed E-state index contributed by atoms with van der Waals surface area (Å²) in [5.74, 6) is 1.57. The normalized spacial score (nSPS) is 12.4. The van der Waals surface area contributed by atoms with Gasteiger partial charge in [0.15, 0.2) is 11.5 Å². The van der Waals surface area contributed by atoms with E-state index in [2.05, 4.69) is 10.3 Å². The van der Waals surface area contributed by atoms with E-state index in [0.29, 0.717) is 23.1 Å². The minimum Gasteiger partial charge on any atom is -0.454 e. The molecule has 1 aliphatic rings. The lowest BCUT2D eigenvalue weighted by molar-refractivity contribution is -0.115. The highest BCUT2D eigenvalue weighted by atomic mass is 35.5. The molecule has 0 fully saturated rings. The van der Waals surface area contributed by atoms with Gasteiger partial charge in [0.25, 0.3) is 0 Å². The number of carbonyl (C=O) groups is 1. The third kappa shape index (κ3) is 2.86. The van der Waals surface area contributed by atoms with Crippen molar-refractivity contribution in [1.82, 2.24) is 4.98 Å². The number of alkyl halides is 1. The Morgan fingerprint density at radius 3 is 3.05 bits per heavy atom. The number of nitrogens with one attached hydrogen (secondary N) is 1. The van der Waals surface area contributed by atoms with Crippen LogP contribution in [-0.4, -0.2) is 17.7 Å². The van der Waals surface area contributed by atoms with Crippen LogP contribution in [0.25, 0.3) is 0 Å². The molecule has 1 N–H and O–H groups in total. The van der Waals surface area contributed by atoms with E-state index in [4.69, 9.17) is 21.1 Å². The summed E-state index contributed by atoms with van der Waals surface area (Å²) in [7, 11) is 0. The number of benzene rings is 1. The number of halogens is 1. The van der Waals surface area contributed by atoms with E-state index in [-0.39, 0.29) is 19.1 Å². The monoisotopic (exact) mass is 310 g/mol. The molecule has 0 spiro atoms. The Kier molecular flexibility index (Phi) is 3.75. The number of aromatic nitrogens is 1. The maximum atomic E-state index is 11.9. The number of amides is 1. The van der Waals surface area contributed by atoms with Crippen LogP contribution in [0.15, 0.2) is 23.6 Å². The molecule has 0 atom stereocenters. The fourth-order valence-corrected chi connectivity index (χ4v) is 2.83. The molecule has 2 heterocycles. The van der Waals surface area contributed by atoms with Crippen LogP contribution in [-0.2, 0) is 17.1 Å². The Balaban J connectivity index is 1.64. The van der Waals surface area contributed by atoms with Gasteiger partial charge in [-0.1, -0.05) is 0 Å². The number of anilines is 1. The average Bonchev–Trinajstić information content (AvgIpc) is 3.06. The Bertz CT molecular complexity index is 644. The SMILES string of the molecule is O=C(Cc1nc(CCl)cs1)Nc1ccc2c(c1)OCO2. The summed E-state index contributed by atoms with van der Waals surface area (Å²) in [4.78, 5) is 16.2. The molecule has 0 saturated carbocycles. The molecular formula is C13H11ClN2O3S. The highest BCUT2D eigenvalue weighted by molar-refractivity contribution is 7.09. The first-order valence-corrected chi connectivity index (χ1v) is 7.35. The first-order chi connectivity index (χ1) is 9.74. The lowest BCUT2D eigenvalue weighted by atomic mass is 10.2. The van der Waals surface area contributed by atoms with Crippen LogP contribution in [0.5, 0.6) is 11.5 Å². The number of hydrogen-bond acceptors (Lipinski definition) is 5. The molecular weight excluding hydrogens is 300 g/mol. The zero-order chi connectivity index (χ0) is 13.9. The lowest BCUT2D eigenvalue weighted by Gasteiger charge is -2.05. The van der Waals surface area contributed by atoms with Gasteiger partial charge in [-0.2, -0.15) is 0 Å². The van der Waals surface area contributed by atoms with E-state index in [1.807, 2.05) is 5.38 Å². The third-order valence-electron chi connectivity index (χ3n) is 2.70. The topological polar surface area (TPSA) is 60.5 Å². The van der Waals surface area contributed by atoms with Crippen LogP contribution in [0.3, 0.4) is 0 Å². The third-order valence-corrected chi connectivity index (χ3v) is 3.88. The summed E-state index contributed by atoms with van der Waals surface area (Å²) in [6.45, 7) is 0.215. The second-order valence-electron chi connectivity index (χ2n) is 4.16. The van der Waals surface area contributed by atoms with Crippen molar-refractivity contribution in [3.63, 3.8) is 0 Å². The fourth-order valence-electron chi connectivity index (χ4n) is 1.81. The van der Waals surface area contributed by atoms with Gasteiger partial charge in [0.2, 0.25) is 12.7 Å².